The van der Waals surface area contributed by atoms with Gasteiger partial charge in [-0.1, -0.05) is 13.3 Å². The highest BCUT2D eigenvalue weighted by Gasteiger charge is 2.31. The van der Waals surface area contributed by atoms with Crippen molar-refractivity contribution in [2.45, 2.75) is 44.7 Å². The highest BCUT2D eigenvalue weighted by Crippen LogP contribution is 2.24. The first kappa shape index (κ1) is 11.4. The Bertz CT molecular complexity index is 192. The first-order chi connectivity index (χ1) is 7.31. The van der Waals surface area contributed by atoms with Gasteiger partial charge in [0.15, 0.2) is 0 Å². The first-order valence-electron chi connectivity index (χ1n) is 6.39. The zero-order valence-electron chi connectivity index (χ0n) is 9.78. The van der Waals surface area contributed by atoms with E-state index in [9.17, 15) is 5.11 Å². The summed E-state index contributed by atoms with van der Waals surface area (Å²) >= 11 is 0. The van der Waals surface area contributed by atoms with E-state index in [1.165, 1.54) is 38.8 Å². The fourth-order valence-electron chi connectivity index (χ4n) is 2.97. The van der Waals surface area contributed by atoms with Crippen LogP contribution in [0.15, 0.2) is 0 Å². The van der Waals surface area contributed by atoms with Gasteiger partial charge in [0.1, 0.15) is 0 Å². The largest absolute Gasteiger partial charge is 0.395 e. The minimum Gasteiger partial charge on any atom is -0.395 e. The van der Waals surface area contributed by atoms with E-state index in [1.54, 1.807) is 0 Å². The van der Waals surface area contributed by atoms with Gasteiger partial charge in [-0.15, -0.1) is 0 Å². The molecule has 0 bridgehead atoms. The van der Waals surface area contributed by atoms with E-state index in [2.05, 4.69) is 17.1 Å². The van der Waals surface area contributed by atoms with Crippen LogP contribution in [0.25, 0.3) is 0 Å². The average molecular weight is 212 g/mol. The van der Waals surface area contributed by atoms with Crippen molar-refractivity contribution < 1.29 is 5.11 Å². The van der Waals surface area contributed by atoms with Gasteiger partial charge in [0.2, 0.25) is 0 Å². The summed E-state index contributed by atoms with van der Waals surface area (Å²) in [6.45, 7) is 6.07. The molecule has 2 rings (SSSR count). The van der Waals surface area contributed by atoms with Crippen molar-refractivity contribution in [1.29, 1.82) is 0 Å². The molecular formula is C12H24N2O. The molecule has 0 aromatic rings. The smallest absolute Gasteiger partial charge is 0.0589 e. The molecule has 15 heavy (non-hydrogen) atoms. The molecule has 0 amide bonds. The summed E-state index contributed by atoms with van der Waals surface area (Å²) < 4.78 is 0. The fourth-order valence-corrected chi connectivity index (χ4v) is 2.97. The van der Waals surface area contributed by atoms with Gasteiger partial charge in [-0.3, -0.25) is 4.90 Å². The molecule has 2 saturated heterocycles. The van der Waals surface area contributed by atoms with Crippen molar-refractivity contribution in [2.24, 2.45) is 5.92 Å². The normalized spacial score (nSPS) is 38.4. The van der Waals surface area contributed by atoms with E-state index in [0.29, 0.717) is 24.6 Å². The minimum atomic E-state index is 0.327. The average Bonchev–Trinajstić information content (AvgIpc) is 2.61. The van der Waals surface area contributed by atoms with Gasteiger partial charge in [0, 0.05) is 18.6 Å². The molecule has 0 aromatic carbocycles. The van der Waals surface area contributed by atoms with Gasteiger partial charge in [-0.25, -0.2) is 0 Å². The summed E-state index contributed by atoms with van der Waals surface area (Å²) in [5.41, 5.74) is 0. The Morgan fingerprint density at radius 1 is 1.33 bits per heavy atom. The second-order valence-corrected chi connectivity index (χ2v) is 5.16. The number of piperidine rings is 1. The van der Waals surface area contributed by atoms with E-state index in [0.717, 1.165) is 6.54 Å². The lowest BCUT2D eigenvalue weighted by Crippen LogP contribution is -2.46. The van der Waals surface area contributed by atoms with Gasteiger partial charge in [-0.05, 0) is 38.3 Å². The van der Waals surface area contributed by atoms with Crippen LogP contribution in [-0.2, 0) is 0 Å². The number of hydrogen-bond acceptors (Lipinski definition) is 3. The molecule has 2 fully saturated rings. The molecule has 2 heterocycles. The predicted molar refractivity (Wildman–Crippen MR) is 61.9 cm³/mol. The lowest BCUT2D eigenvalue weighted by Gasteiger charge is -2.31. The zero-order valence-corrected chi connectivity index (χ0v) is 9.78. The third kappa shape index (κ3) is 2.71. The molecule has 0 aromatic heterocycles. The SMILES string of the molecule is CC1CCN(CC2CCCCN2)C1CO. The van der Waals surface area contributed by atoms with Crippen LogP contribution in [0.5, 0.6) is 0 Å². The van der Waals surface area contributed by atoms with Crippen LogP contribution < -0.4 is 5.32 Å². The lowest BCUT2D eigenvalue weighted by molar-refractivity contribution is 0.125. The number of rotatable bonds is 3. The maximum absolute atomic E-state index is 9.37. The van der Waals surface area contributed by atoms with Crippen LogP contribution >= 0.6 is 0 Å². The Morgan fingerprint density at radius 2 is 2.20 bits per heavy atom. The molecule has 3 unspecified atom stereocenters. The van der Waals surface area contributed by atoms with Crippen LogP contribution in [0.2, 0.25) is 0 Å². The fraction of sp³-hybridized carbons (Fsp3) is 1.00. The van der Waals surface area contributed by atoms with Crippen LogP contribution in [0.1, 0.15) is 32.6 Å². The quantitative estimate of drug-likeness (QED) is 0.727. The van der Waals surface area contributed by atoms with Crippen LogP contribution in [0.4, 0.5) is 0 Å². The van der Waals surface area contributed by atoms with Crippen LogP contribution in [0.3, 0.4) is 0 Å². The summed E-state index contributed by atoms with van der Waals surface area (Å²) in [5.74, 6) is 0.665. The number of nitrogens with one attached hydrogen (secondary N) is 1. The van der Waals surface area contributed by atoms with Gasteiger partial charge >= 0.3 is 0 Å². The Labute approximate surface area is 92.8 Å². The van der Waals surface area contributed by atoms with E-state index in [-0.39, 0.29) is 0 Å². The van der Waals surface area contributed by atoms with Crippen molar-refractivity contribution in [3.63, 3.8) is 0 Å². The molecule has 0 saturated carbocycles. The maximum Gasteiger partial charge on any atom is 0.0589 e. The Hall–Kier alpha value is -0.120. The van der Waals surface area contributed by atoms with Gasteiger partial charge in [-0.2, -0.15) is 0 Å². The van der Waals surface area contributed by atoms with E-state index >= 15 is 0 Å². The van der Waals surface area contributed by atoms with E-state index in [4.69, 9.17) is 0 Å². The summed E-state index contributed by atoms with van der Waals surface area (Å²) in [6.07, 6.45) is 5.25. The standard InChI is InChI=1S/C12H24N2O/c1-10-5-7-14(12(10)9-15)8-11-4-2-3-6-13-11/h10-13,15H,2-9H2,1H3. The maximum atomic E-state index is 9.37. The topological polar surface area (TPSA) is 35.5 Å². The molecule has 2 aliphatic heterocycles. The van der Waals surface area contributed by atoms with E-state index < -0.39 is 0 Å². The van der Waals surface area contributed by atoms with Crippen LogP contribution in [-0.4, -0.2) is 48.3 Å². The zero-order chi connectivity index (χ0) is 10.7. The number of aliphatic hydroxyl groups excluding tert-OH is 1. The van der Waals surface area contributed by atoms with Crippen molar-refractivity contribution >= 4 is 0 Å². The molecule has 0 spiro atoms. The summed E-state index contributed by atoms with van der Waals surface area (Å²) in [6, 6.07) is 1.08. The summed E-state index contributed by atoms with van der Waals surface area (Å²) in [4.78, 5) is 2.48. The molecular weight excluding hydrogens is 188 g/mol. The minimum absolute atomic E-state index is 0.327. The molecule has 0 aliphatic carbocycles. The van der Waals surface area contributed by atoms with Crippen molar-refractivity contribution in [3.8, 4) is 0 Å². The Balaban J connectivity index is 1.82. The van der Waals surface area contributed by atoms with Crippen molar-refractivity contribution in [2.75, 3.05) is 26.2 Å². The van der Waals surface area contributed by atoms with Gasteiger partial charge < -0.3 is 10.4 Å². The number of likely N-dealkylation sites (tertiary alicyclic amines) is 1. The Morgan fingerprint density at radius 3 is 2.87 bits per heavy atom. The van der Waals surface area contributed by atoms with Gasteiger partial charge in [0.25, 0.3) is 0 Å². The highest BCUT2D eigenvalue weighted by atomic mass is 16.3. The molecule has 0 radical (unpaired) electrons. The van der Waals surface area contributed by atoms with Crippen molar-refractivity contribution in [3.05, 3.63) is 0 Å². The summed E-state index contributed by atoms with van der Waals surface area (Å²) in [7, 11) is 0. The number of aliphatic hydroxyl groups is 1. The highest BCUT2D eigenvalue weighted by molar-refractivity contribution is 4.87. The molecule has 3 atom stereocenters. The molecule has 3 nitrogen and oxygen atoms in total. The second kappa shape index (κ2) is 5.28. The summed E-state index contributed by atoms with van der Waals surface area (Å²) in [5, 5.41) is 13.0. The first-order valence-corrected chi connectivity index (χ1v) is 6.39. The van der Waals surface area contributed by atoms with Crippen molar-refractivity contribution in [1.82, 2.24) is 10.2 Å². The Kier molecular flexibility index (Phi) is 4.00. The van der Waals surface area contributed by atoms with E-state index in [1.807, 2.05) is 0 Å². The number of hydrogen-bond donors (Lipinski definition) is 2. The third-order valence-electron chi connectivity index (χ3n) is 4.05. The molecule has 2 N–H and O–H groups in total. The third-order valence-corrected chi connectivity index (χ3v) is 4.05. The number of nitrogens with zero attached hydrogens (tertiary/aromatic N) is 1. The monoisotopic (exact) mass is 212 g/mol. The van der Waals surface area contributed by atoms with Crippen LogP contribution in [0, 0.1) is 5.92 Å². The molecule has 3 heteroatoms. The molecule has 2 aliphatic rings. The second-order valence-electron chi connectivity index (χ2n) is 5.16. The molecule has 88 valence electrons. The van der Waals surface area contributed by atoms with Gasteiger partial charge in [0.05, 0.1) is 6.61 Å². The lowest BCUT2D eigenvalue weighted by atomic mass is 10.0. The predicted octanol–water partition coefficient (Wildman–Crippen LogP) is 0.831.